The normalized spacial score (nSPS) is 10.9. The number of fused-ring (bicyclic) bond motifs is 1. The molecule has 3 rings (SSSR count). The van der Waals surface area contributed by atoms with Gasteiger partial charge in [0.2, 0.25) is 0 Å². The van der Waals surface area contributed by atoms with Crippen LogP contribution >= 0.6 is 35.0 Å². The fraction of sp³-hybridized carbons (Fsp3) is 0. The van der Waals surface area contributed by atoms with Crippen LogP contribution in [0.1, 0.15) is 0 Å². The Balaban J connectivity index is 2.05. The smallest absolute Gasteiger partial charge is 0.181 e. The van der Waals surface area contributed by atoms with E-state index in [0.717, 1.165) is 0 Å². The molecular weight excluding hydrogens is 321 g/mol. The Morgan fingerprint density at radius 2 is 2.00 bits per heavy atom. The first-order valence-electron chi connectivity index (χ1n) is 5.33. The second-order valence-electron chi connectivity index (χ2n) is 3.63. The van der Waals surface area contributed by atoms with Crippen molar-refractivity contribution in [1.29, 1.82) is 0 Å². The van der Waals surface area contributed by atoms with Gasteiger partial charge >= 0.3 is 0 Å². The summed E-state index contributed by atoms with van der Waals surface area (Å²) in [5.41, 5.74) is 3.70. The molecule has 3 aromatic heterocycles. The maximum atomic E-state index is 6.13. The Kier molecular flexibility index (Phi) is 3.62. The van der Waals surface area contributed by atoms with Crippen LogP contribution in [-0.4, -0.2) is 24.9 Å². The van der Waals surface area contributed by atoms with E-state index in [1.807, 2.05) is 0 Å². The van der Waals surface area contributed by atoms with Gasteiger partial charge in [0.15, 0.2) is 11.5 Å². The van der Waals surface area contributed by atoms with Crippen LogP contribution in [0.2, 0.25) is 10.0 Å². The summed E-state index contributed by atoms with van der Waals surface area (Å²) in [5.74, 6) is 5.69. The van der Waals surface area contributed by atoms with Crippen LogP contribution in [0.15, 0.2) is 28.8 Å². The number of imidazole rings is 1. The van der Waals surface area contributed by atoms with Gasteiger partial charge in [0.25, 0.3) is 0 Å². The molecule has 0 radical (unpaired) electrons. The van der Waals surface area contributed by atoms with Crippen LogP contribution in [0, 0.1) is 0 Å². The number of hydrogen-bond donors (Lipinski definition) is 3. The second kappa shape index (κ2) is 5.41. The molecule has 0 spiro atoms. The van der Waals surface area contributed by atoms with E-state index in [2.05, 4.69) is 30.3 Å². The van der Waals surface area contributed by atoms with Crippen LogP contribution in [0.5, 0.6) is 0 Å². The van der Waals surface area contributed by atoms with Gasteiger partial charge in [0.1, 0.15) is 21.9 Å². The fourth-order valence-corrected chi connectivity index (χ4v) is 2.89. The van der Waals surface area contributed by atoms with Gasteiger partial charge in [-0.15, -0.1) is 0 Å². The minimum Gasteiger partial charge on any atom is -0.341 e. The summed E-state index contributed by atoms with van der Waals surface area (Å²) in [7, 11) is 0. The lowest BCUT2D eigenvalue weighted by Crippen LogP contribution is -2.09. The number of hydrazine groups is 1. The standard InChI is InChI=1S/C10H7Cl2N7S/c11-4-1-5(12)9(18-7(4)19-13)20-10-6-8(15-2-14-6)16-3-17-10/h1-3H,13H2,(H,18,19)(H,14,15,16,17). The second-order valence-corrected chi connectivity index (χ2v) is 5.42. The van der Waals surface area contributed by atoms with Gasteiger partial charge in [-0.2, -0.15) is 0 Å². The lowest BCUT2D eigenvalue weighted by Gasteiger charge is -2.07. The maximum Gasteiger partial charge on any atom is 0.181 e. The first-order chi connectivity index (χ1) is 9.69. The van der Waals surface area contributed by atoms with Crippen molar-refractivity contribution in [2.24, 2.45) is 5.84 Å². The first-order valence-corrected chi connectivity index (χ1v) is 6.91. The fourth-order valence-electron chi connectivity index (χ4n) is 1.53. The molecule has 0 fully saturated rings. The molecular formula is C10H7Cl2N7S. The van der Waals surface area contributed by atoms with Gasteiger partial charge in [0, 0.05) is 0 Å². The van der Waals surface area contributed by atoms with Crippen molar-refractivity contribution in [3.05, 3.63) is 28.8 Å². The van der Waals surface area contributed by atoms with E-state index in [0.29, 0.717) is 37.1 Å². The average Bonchev–Trinajstić information content (AvgIpc) is 2.91. The number of aromatic amines is 1. The van der Waals surface area contributed by atoms with E-state index in [4.69, 9.17) is 29.0 Å². The number of anilines is 1. The van der Waals surface area contributed by atoms with Crippen molar-refractivity contribution in [1.82, 2.24) is 24.9 Å². The van der Waals surface area contributed by atoms with Gasteiger partial charge in [-0.3, -0.25) is 0 Å². The Hall–Kier alpha value is -1.61. The van der Waals surface area contributed by atoms with Gasteiger partial charge < -0.3 is 10.4 Å². The minimum absolute atomic E-state index is 0.341. The first kappa shape index (κ1) is 13.4. The Morgan fingerprint density at radius 1 is 1.15 bits per heavy atom. The summed E-state index contributed by atoms with van der Waals surface area (Å²) >= 11 is 13.3. The largest absolute Gasteiger partial charge is 0.341 e. The summed E-state index contributed by atoms with van der Waals surface area (Å²) in [6.07, 6.45) is 2.98. The highest BCUT2D eigenvalue weighted by molar-refractivity contribution is 7.99. The molecule has 0 aliphatic heterocycles. The van der Waals surface area contributed by atoms with E-state index in [1.54, 1.807) is 12.4 Å². The molecule has 20 heavy (non-hydrogen) atoms. The molecule has 0 aromatic carbocycles. The molecule has 0 aliphatic rings. The van der Waals surface area contributed by atoms with Crippen molar-refractivity contribution < 1.29 is 0 Å². The Labute approximate surface area is 127 Å². The van der Waals surface area contributed by atoms with Crippen molar-refractivity contribution in [2.75, 3.05) is 5.43 Å². The molecule has 3 heterocycles. The molecule has 0 aliphatic carbocycles. The summed E-state index contributed by atoms with van der Waals surface area (Å²) < 4.78 is 0. The van der Waals surface area contributed by atoms with Crippen molar-refractivity contribution in [3.63, 3.8) is 0 Å². The van der Waals surface area contributed by atoms with Gasteiger partial charge in [-0.25, -0.2) is 25.8 Å². The molecule has 0 amide bonds. The van der Waals surface area contributed by atoms with E-state index >= 15 is 0 Å². The lowest BCUT2D eigenvalue weighted by molar-refractivity contribution is 1.06. The predicted molar refractivity (Wildman–Crippen MR) is 77.9 cm³/mol. The van der Waals surface area contributed by atoms with Crippen molar-refractivity contribution in [3.8, 4) is 0 Å². The molecule has 0 unspecified atom stereocenters. The number of H-pyrrole nitrogens is 1. The number of nitrogens with zero attached hydrogens (tertiary/aromatic N) is 4. The number of pyridine rings is 1. The number of nitrogen functional groups attached to an aromatic ring is 1. The van der Waals surface area contributed by atoms with Crippen molar-refractivity contribution >= 4 is 51.9 Å². The molecule has 102 valence electrons. The maximum absolute atomic E-state index is 6.13. The van der Waals surface area contributed by atoms with Gasteiger partial charge in [0.05, 0.1) is 16.4 Å². The topological polar surface area (TPSA) is 105 Å². The summed E-state index contributed by atoms with van der Waals surface area (Å²) in [6, 6.07) is 1.57. The van der Waals surface area contributed by atoms with E-state index in [9.17, 15) is 0 Å². The number of nitrogens with one attached hydrogen (secondary N) is 2. The number of hydrogen-bond acceptors (Lipinski definition) is 7. The molecule has 4 N–H and O–H groups in total. The zero-order chi connectivity index (χ0) is 14.1. The van der Waals surface area contributed by atoms with Gasteiger partial charge in [-0.05, 0) is 17.8 Å². The number of nitrogens with two attached hydrogens (primary N) is 1. The highest BCUT2D eigenvalue weighted by Crippen LogP contribution is 2.36. The average molecular weight is 328 g/mol. The van der Waals surface area contributed by atoms with E-state index in [1.165, 1.54) is 18.1 Å². The number of halogens is 2. The Bertz CT molecular complexity index is 775. The predicted octanol–water partition coefficient (Wildman–Crippen LogP) is 2.49. The van der Waals surface area contributed by atoms with Crippen LogP contribution in [-0.2, 0) is 0 Å². The summed E-state index contributed by atoms with van der Waals surface area (Å²) in [5, 5.41) is 1.94. The number of rotatable bonds is 3. The lowest BCUT2D eigenvalue weighted by atomic mass is 10.4. The summed E-state index contributed by atoms with van der Waals surface area (Å²) in [6.45, 7) is 0. The number of aromatic nitrogens is 5. The Morgan fingerprint density at radius 3 is 2.80 bits per heavy atom. The molecule has 0 saturated heterocycles. The zero-order valence-corrected chi connectivity index (χ0v) is 12.1. The van der Waals surface area contributed by atoms with Crippen LogP contribution in [0.4, 0.5) is 5.82 Å². The third kappa shape index (κ3) is 2.38. The van der Waals surface area contributed by atoms with Crippen LogP contribution in [0.25, 0.3) is 11.2 Å². The molecule has 0 bridgehead atoms. The van der Waals surface area contributed by atoms with E-state index < -0.39 is 0 Å². The minimum atomic E-state index is 0.341. The third-order valence-corrected chi connectivity index (χ3v) is 4.11. The highest BCUT2D eigenvalue weighted by atomic mass is 35.5. The van der Waals surface area contributed by atoms with Crippen molar-refractivity contribution in [2.45, 2.75) is 10.1 Å². The van der Waals surface area contributed by atoms with E-state index in [-0.39, 0.29) is 0 Å². The van der Waals surface area contributed by atoms with Gasteiger partial charge in [-0.1, -0.05) is 23.2 Å². The molecule has 7 nitrogen and oxygen atoms in total. The third-order valence-electron chi connectivity index (χ3n) is 2.42. The van der Waals surface area contributed by atoms with Crippen LogP contribution in [0.3, 0.4) is 0 Å². The summed E-state index contributed by atoms with van der Waals surface area (Å²) in [4.78, 5) is 19.5. The van der Waals surface area contributed by atoms with Crippen LogP contribution < -0.4 is 11.3 Å². The molecule has 0 atom stereocenters. The molecule has 3 aromatic rings. The zero-order valence-electron chi connectivity index (χ0n) is 9.76. The molecule has 0 saturated carbocycles. The SMILES string of the molecule is NNc1nc(Sc2ncnc3nc[nH]c23)c(Cl)cc1Cl. The monoisotopic (exact) mass is 327 g/mol. The quantitative estimate of drug-likeness (QED) is 0.385. The molecule has 10 heteroatoms. The highest BCUT2D eigenvalue weighted by Gasteiger charge is 2.13.